The van der Waals surface area contributed by atoms with E-state index in [1.54, 1.807) is 7.05 Å². The highest BCUT2D eigenvalue weighted by molar-refractivity contribution is 9.10. The minimum Gasteiger partial charge on any atom is -0.303 e. The highest BCUT2D eigenvalue weighted by Gasteiger charge is 2.33. The van der Waals surface area contributed by atoms with Gasteiger partial charge in [0.2, 0.25) is 0 Å². The van der Waals surface area contributed by atoms with Gasteiger partial charge in [0, 0.05) is 25.9 Å². The lowest BCUT2D eigenvalue weighted by molar-refractivity contribution is -0.141. The standard InChI is InChI=1S/C11H8BrF3N6/c1-20-18-7(10(12)19-20)2-6-4-21-5-8(11(13,14)15)16-3-9(21)17-6/h3-5H,2H2,1H3. The highest BCUT2D eigenvalue weighted by Crippen LogP contribution is 2.27. The number of nitrogens with zero attached hydrogens (tertiary/aromatic N) is 6. The van der Waals surface area contributed by atoms with Crippen LogP contribution in [-0.2, 0) is 19.6 Å². The molecule has 0 atom stereocenters. The van der Waals surface area contributed by atoms with Crippen LogP contribution in [0.15, 0.2) is 23.2 Å². The molecule has 3 rings (SSSR count). The summed E-state index contributed by atoms with van der Waals surface area (Å²) < 4.78 is 39.7. The minimum atomic E-state index is -4.48. The summed E-state index contributed by atoms with van der Waals surface area (Å²) in [5.74, 6) is 0. The molecule has 10 heteroatoms. The van der Waals surface area contributed by atoms with Crippen molar-refractivity contribution < 1.29 is 13.2 Å². The molecule has 110 valence electrons. The number of imidazole rings is 1. The number of fused-ring (bicyclic) bond motifs is 1. The van der Waals surface area contributed by atoms with Crippen LogP contribution in [0, 0.1) is 0 Å². The van der Waals surface area contributed by atoms with E-state index in [0.29, 0.717) is 28.1 Å². The molecule has 0 aliphatic rings. The Bertz CT molecular complexity index is 806. The first-order valence-corrected chi connectivity index (χ1v) is 6.59. The maximum atomic E-state index is 12.6. The molecule has 0 aromatic carbocycles. The van der Waals surface area contributed by atoms with E-state index in [0.717, 1.165) is 12.4 Å². The van der Waals surface area contributed by atoms with E-state index in [1.807, 2.05) is 0 Å². The van der Waals surface area contributed by atoms with Crippen LogP contribution in [0.5, 0.6) is 0 Å². The van der Waals surface area contributed by atoms with Gasteiger partial charge in [-0.15, -0.1) is 5.10 Å². The molecule has 0 radical (unpaired) electrons. The fourth-order valence-corrected chi connectivity index (χ4v) is 2.34. The van der Waals surface area contributed by atoms with E-state index < -0.39 is 11.9 Å². The lowest BCUT2D eigenvalue weighted by Gasteiger charge is -2.04. The van der Waals surface area contributed by atoms with E-state index >= 15 is 0 Å². The van der Waals surface area contributed by atoms with Crippen LogP contribution < -0.4 is 0 Å². The summed E-state index contributed by atoms with van der Waals surface area (Å²) in [5, 5.41) is 8.18. The van der Waals surface area contributed by atoms with Crippen molar-refractivity contribution in [3.63, 3.8) is 0 Å². The van der Waals surface area contributed by atoms with Crippen LogP contribution in [0.2, 0.25) is 0 Å². The Labute approximate surface area is 124 Å². The molecule has 6 nitrogen and oxygen atoms in total. The molecule has 0 aliphatic carbocycles. The molecule has 0 saturated heterocycles. The second kappa shape index (κ2) is 4.79. The molecule has 3 aromatic heterocycles. The number of alkyl halides is 3. The molecule has 0 unspecified atom stereocenters. The Kier molecular flexibility index (Phi) is 3.19. The summed E-state index contributed by atoms with van der Waals surface area (Å²) in [5.41, 5.74) is 0.625. The smallest absolute Gasteiger partial charge is 0.303 e. The van der Waals surface area contributed by atoms with Gasteiger partial charge in [0.05, 0.1) is 11.9 Å². The molecule has 0 amide bonds. The van der Waals surface area contributed by atoms with Gasteiger partial charge < -0.3 is 4.40 Å². The van der Waals surface area contributed by atoms with Crippen molar-refractivity contribution in [2.75, 3.05) is 0 Å². The first kappa shape index (κ1) is 14.0. The average molecular weight is 361 g/mol. The Morgan fingerprint density at radius 1 is 1.24 bits per heavy atom. The maximum absolute atomic E-state index is 12.6. The van der Waals surface area contributed by atoms with Gasteiger partial charge in [-0.1, -0.05) is 0 Å². The SMILES string of the molecule is Cn1nc(Br)c(Cc2cn3cc(C(F)(F)F)ncc3n2)n1. The van der Waals surface area contributed by atoms with Crippen molar-refractivity contribution in [3.8, 4) is 0 Å². The third-order valence-electron chi connectivity index (χ3n) is 2.77. The van der Waals surface area contributed by atoms with Gasteiger partial charge in [-0.25, -0.2) is 9.97 Å². The number of aromatic nitrogens is 6. The fraction of sp³-hybridized carbons (Fsp3) is 0.273. The molecule has 0 spiro atoms. The third-order valence-corrected chi connectivity index (χ3v) is 3.38. The Morgan fingerprint density at radius 3 is 2.62 bits per heavy atom. The summed E-state index contributed by atoms with van der Waals surface area (Å²) in [4.78, 5) is 8.99. The van der Waals surface area contributed by atoms with Gasteiger partial charge in [0.25, 0.3) is 0 Å². The van der Waals surface area contributed by atoms with Gasteiger partial charge in [0.15, 0.2) is 15.9 Å². The Morgan fingerprint density at radius 2 is 2.00 bits per heavy atom. The van der Waals surface area contributed by atoms with E-state index in [9.17, 15) is 13.2 Å². The molecule has 0 aliphatic heterocycles. The number of hydrogen-bond donors (Lipinski definition) is 0. The van der Waals surface area contributed by atoms with Crippen molar-refractivity contribution in [3.05, 3.63) is 40.3 Å². The van der Waals surface area contributed by atoms with Crippen LogP contribution in [-0.4, -0.2) is 29.4 Å². The van der Waals surface area contributed by atoms with Gasteiger partial charge in [0.1, 0.15) is 5.69 Å². The Hall–Kier alpha value is -1.97. The summed E-state index contributed by atoms with van der Waals surface area (Å²) in [6, 6.07) is 0. The number of aryl methyl sites for hydroxylation is 1. The van der Waals surface area contributed by atoms with Gasteiger partial charge >= 0.3 is 6.18 Å². The number of rotatable bonds is 2. The maximum Gasteiger partial charge on any atom is 0.434 e. The quantitative estimate of drug-likeness (QED) is 0.703. The van der Waals surface area contributed by atoms with Crippen LogP contribution >= 0.6 is 15.9 Å². The molecule has 0 saturated carbocycles. The predicted molar refractivity (Wildman–Crippen MR) is 69.5 cm³/mol. The number of hydrogen-bond acceptors (Lipinski definition) is 4. The van der Waals surface area contributed by atoms with E-state index in [4.69, 9.17) is 0 Å². The van der Waals surface area contributed by atoms with Crippen molar-refractivity contribution in [2.24, 2.45) is 7.05 Å². The van der Waals surface area contributed by atoms with Gasteiger partial charge in [-0.2, -0.15) is 23.1 Å². The first-order valence-electron chi connectivity index (χ1n) is 5.79. The molecular weight excluding hydrogens is 353 g/mol. The summed E-state index contributed by atoms with van der Waals surface area (Å²) in [7, 11) is 1.68. The first-order chi connectivity index (χ1) is 9.83. The second-order valence-corrected chi connectivity index (χ2v) is 5.12. The monoisotopic (exact) mass is 360 g/mol. The van der Waals surface area contributed by atoms with E-state index in [2.05, 4.69) is 36.1 Å². The van der Waals surface area contributed by atoms with Crippen LogP contribution in [0.4, 0.5) is 13.2 Å². The molecule has 3 aromatic rings. The summed E-state index contributed by atoms with van der Waals surface area (Å²) >= 11 is 3.27. The third kappa shape index (κ3) is 2.75. The fourth-order valence-electron chi connectivity index (χ4n) is 1.89. The van der Waals surface area contributed by atoms with E-state index in [-0.39, 0.29) is 0 Å². The topological polar surface area (TPSA) is 60.9 Å². The van der Waals surface area contributed by atoms with Gasteiger partial charge in [-0.3, -0.25) is 0 Å². The Balaban J connectivity index is 1.96. The van der Waals surface area contributed by atoms with Crippen molar-refractivity contribution in [2.45, 2.75) is 12.6 Å². The van der Waals surface area contributed by atoms with Crippen LogP contribution in [0.25, 0.3) is 5.65 Å². The zero-order valence-corrected chi connectivity index (χ0v) is 12.2. The molecule has 0 bridgehead atoms. The van der Waals surface area contributed by atoms with Crippen molar-refractivity contribution in [1.29, 1.82) is 0 Å². The molecule has 3 heterocycles. The lowest BCUT2D eigenvalue weighted by atomic mass is 10.3. The summed E-state index contributed by atoms with van der Waals surface area (Å²) in [6.45, 7) is 0. The van der Waals surface area contributed by atoms with E-state index in [1.165, 1.54) is 15.4 Å². The highest BCUT2D eigenvalue weighted by atomic mass is 79.9. The average Bonchev–Trinajstić information content (AvgIpc) is 2.90. The van der Waals surface area contributed by atoms with Crippen molar-refractivity contribution in [1.82, 2.24) is 29.4 Å². The zero-order chi connectivity index (χ0) is 15.2. The largest absolute Gasteiger partial charge is 0.434 e. The van der Waals surface area contributed by atoms with Crippen LogP contribution in [0.1, 0.15) is 17.1 Å². The normalized spacial score (nSPS) is 12.2. The minimum absolute atomic E-state index is 0.345. The second-order valence-electron chi connectivity index (χ2n) is 4.37. The lowest BCUT2D eigenvalue weighted by Crippen LogP contribution is -2.08. The molecule has 0 fully saturated rings. The number of halogens is 4. The summed E-state index contributed by atoms with van der Waals surface area (Å²) in [6.07, 6.45) is -0.590. The molecular formula is C11H8BrF3N6. The van der Waals surface area contributed by atoms with Crippen molar-refractivity contribution >= 4 is 21.6 Å². The zero-order valence-electron chi connectivity index (χ0n) is 10.6. The molecule has 0 N–H and O–H groups in total. The molecule has 21 heavy (non-hydrogen) atoms. The van der Waals surface area contributed by atoms with Crippen LogP contribution in [0.3, 0.4) is 0 Å². The van der Waals surface area contributed by atoms with Gasteiger partial charge in [-0.05, 0) is 15.9 Å². The predicted octanol–water partition coefficient (Wildman–Crippen LogP) is 2.23.